The smallest absolute Gasteiger partial charge is 0.261 e. The normalized spacial score (nSPS) is 26.1. The molecule has 3 aromatic rings. The molecule has 1 aromatic heterocycles. The molecular formula is C29H39NO5Si. The summed E-state index contributed by atoms with van der Waals surface area (Å²) >= 11 is 0. The molecule has 2 aliphatic rings. The Balaban J connectivity index is 1.73. The number of hydrogen-bond acceptors (Lipinski definition) is 6. The van der Waals surface area contributed by atoms with E-state index in [9.17, 15) is 0 Å². The van der Waals surface area contributed by atoms with Crippen LogP contribution in [0.4, 0.5) is 0 Å². The number of oxazole rings is 1. The molecule has 5 rings (SSSR count). The van der Waals surface area contributed by atoms with E-state index in [1.165, 1.54) is 0 Å². The van der Waals surface area contributed by atoms with E-state index in [0.29, 0.717) is 29.3 Å². The number of benzene rings is 2. The van der Waals surface area contributed by atoms with Gasteiger partial charge in [-0.2, -0.15) is 4.89 Å². The molecule has 6 nitrogen and oxygen atoms in total. The predicted octanol–water partition coefficient (Wildman–Crippen LogP) is 7.83. The third kappa shape index (κ3) is 3.36. The lowest BCUT2D eigenvalue weighted by atomic mass is 9.57. The molecule has 2 aliphatic heterocycles. The van der Waals surface area contributed by atoms with Crippen LogP contribution in [0.3, 0.4) is 0 Å². The molecule has 2 aromatic carbocycles. The van der Waals surface area contributed by atoms with Crippen LogP contribution in [0.25, 0.3) is 22.6 Å². The van der Waals surface area contributed by atoms with Crippen LogP contribution in [0, 0.1) is 10.8 Å². The predicted molar refractivity (Wildman–Crippen MR) is 143 cm³/mol. The summed E-state index contributed by atoms with van der Waals surface area (Å²) in [5.74, 6) is 0.177. The van der Waals surface area contributed by atoms with Crippen molar-refractivity contribution in [3.8, 4) is 17.2 Å². The van der Waals surface area contributed by atoms with Gasteiger partial charge in [0.25, 0.3) is 14.1 Å². The van der Waals surface area contributed by atoms with Gasteiger partial charge >= 0.3 is 0 Å². The highest BCUT2D eigenvalue weighted by atomic mass is 28.4. The maximum atomic E-state index is 6.87. The highest BCUT2D eigenvalue weighted by Gasteiger charge is 2.81. The van der Waals surface area contributed by atoms with Gasteiger partial charge in [0.1, 0.15) is 5.75 Å². The number of ether oxygens (including phenoxy) is 1. The first-order valence-electron chi connectivity index (χ1n) is 12.8. The minimum Gasteiger partial charge on any atom is -0.542 e. The molecule has 36 heavy (non-hydrogen) atoms. The zero-order chi connectivity index (χ0) is 26.4. The average molecular weight is 510 g/mol. The lowest BCUT2D eigenvalue weighted by Crippen LogP contribution is -2.73. The molecule has 0 bridgehead atoms. The minimum absolute atomic E-state index is 0.0106. The standard InChI is InChI=1S/C29H39NO5Si/c1-25(2,3)29-27(7,8)18-31-28(29,34-35-29)20-16-21-23(22(17-20)33-36(9,10)26(4,5)6)30-24(32-21)19-14-12-11-13-15-19/h11-17H,18H2,1-10H3. The SMILES string of the molecule is CC(C)(C)C12OOC1(c1cc(O[Si](C)(C)C(C)(C)C)c3nc(-c4ccccc4)oc3c1)OCC2(C)C. The lowest BCUT2D eigenvalue weighted by Gasteiger charge is -2.61. The molecule has 3 heterocycles. The van der Waals surface area contributed by atoms with Gasteiger partial charge in [-0.25, -0.2) is 9.87 Å². The van der Waals surface area contributed by atoms with Crippen LogP contribution in [0.15, 0.2) is 46.9 Å². The fraction of sp³-hybridized carbons (Fsp3) is 0.552. The van der Waals surface area contributed by atoms with Gasteiger partial charge in [-0.05, 0) is 42.4 Å². The van der Waals surface area contributed by atoms with Crippen molar-refractivity contribution in [3.63, 3.8) is 0 Å². The zero-order valence-corrected chi connectivity index (χ0v) is 24.2. The highest BCUT2D eigenvalue weighted by Crippen LogP contribution is 2.69. The Labute approximate surface area is 215 Å². The first-order valence-corrected chi connectivity index (χ1v) is 15.7. The van der Waals surface area contributed by atoms with E-state index < -0.39 is 19.7 Å². The van der Waals surface area contributed by atoms with Gasteiger partial charge in [0.15, 0.2) is 16.7 Å². The fourth-order valence-corrected chi connectivity index (χ4v) is 6.65. The van der Waals surface area contributed by atoms with Crippen LogP contribution in [-0.4, -0.2) is 25.5 Å². The van der Waals surface area contributed by atoms with E-state index in [4.69, 9.17) is 28.3 Å². The third-order valence-electron chi connectivity index (χ3n) is 8.43. The van der Waals surface area contributed by atoms with E-state index in [1.54, 1.807) is 0 Å². The summed E-state index contributed by atoms with van der Waals surface area (Å²) < 4.78 is 19.7. The van der Waals surface area contributed by atoms with Crippen molar-refractivity contribution >= 4 is 19.4 Å². The van der Waals surface area contributed by atoms with Crippen LogP contribution < -0.4 is 4.43 Å². The Morgan fingerprint density at radius 3 is 2.17 bits per heavy atom. The van der Waals surface area contributed by atoms with E-state index >= 15 is 0 Å². The van der Waals surface area contributed by atoms with Gasteiger partial charge in [-0.3, -0.25) is 0 Å². The molecule has 0 spiro atoms. The van der Waals surface area contributed by atoms with E-state index in [-0.39, 0.29) is 15.9 Å². The monoisotopic (exact) mass is 509 g/mol. The average Bonchev–Trinajstić information content (AvgIpc) is 3.22. The second kappa shape index (κ2) is 7.66. The molecule has 0 radical (unpaired) electrons. The second-order valence-corrected chi connectivity index (χ2v) is 18.2. The lowest BCUT2D eigenvalue weighted by molar-refractivity contribution is -0.626. The highest BCUT2D eigenvalue weighted by molar-refractivity contribution is 6.74. The first kappa shape index (κ1) is 25.5. The molecular weight excluding hydrogens is 470 g/mol. The number of hydrogen-bond donors (Lipinski definition) is 0. The number of rotatable bonds is 4. The van der Waals surface area contributed by atoms with E-state index in [0.717, 1.165) is 11.1 Å². The van der Waals surface area contributed by atoms with Gasteiger partial charge in [-0.1, -0.05) is 73.6 Å². The van der Waals surface area contributed by atoms with Crippen molar-refractivity contribution in [2.45, 2.75) is 84.9 Å². The Morgan fingerprint density at radius 2 is 1.61 bits per heavy atom. The molecule has 2 fully saturated rings. The van der Waals surface area contributed by atoms with Crippen molar-refractivity contribution in [2.75, 3.05) is 6.61 Å². The van der Waals surface area contributed by atoms with Crippen LogP contribution in [-0.2, 0) is 20.3 Å². The van der Waals surface area contributed by atoms with Gasteiger partial charge in [0.2, 0.25) is 5.89 Å². The topological polar surface area (TPSA) is 63.0 Å². The van der Waals surface area contributed by atoms with Gasteiger partial charge < -0.3 is 13.6 Å². The van der Waals surface area contributed by atoms with Gasteiger partial charge in [-0.15, -0.1) is 0 Å². The molecule has 2 atom stereocenters. The Kier molecular flexibility index (Phi) is 5.42. The van der Waals surface area contributed by atoms with Crippen LogP contribution in [0.5, 0.6) is 5.75 Å². The van der Waals surface area contributed by atoms with Crippen molar-refractivity contribution in [1.82, 2.24) is 4.98 Å². The number of fused-ring (bicyclic) bond motifs is 2. The minimum atomic E-state index is -2.20. The second-order valence-electron chi connectivity index (χ2n) is 13.5. The summed E-state index contributed by atoms with van der Waals surface area (Å²) in [5.41, 5.74) is 1.84. The summed E-state index contributed by atoms with van der Waals surface area (Å²) in [6, 6.07) is 13.9. The van der Waals surface area contributed by atoms with E-state index in [2.05, 4.69) is 68.5 Å². The number of aromatic nitrogens is 1. The molecule has 7 heteroatoms. The molecule has 2 saturated heterocycles. The molecule has 2 unspecified atom stereocenters. The van der Waals surface area contributed by atoms with Gasteiger partial charge in [0, 0.05) is 22.0 Å². The van der Waals surface area contributed by atoms with Crippen molar-refractivity contribution < 1.29 is 23.4 Å². The van der Waals surface area contributed by atoms with Gasteiger partial charge in [0.05, 0.1) is 6.61 Å². The maximum Gasteiger partial charge on any atom is 0.261 e. The summed E-state index contributed by atoms with van der Waals surface area (Å²) in [5, 5.41) is 0.0106. The summed E-state index contributed by atoms with van der Waals surface area (Å²) in [6.45, 7) is 22.5. The molecule has 0 saturated carbocycles. The summed E-state index contributed by atoms with van der Waals surface area (Å²) in [4.78, 5) is 16.9. The first-order chi connectivity index (χ1) is 16.5. The molecule has 194 valence electrons. The van der Waals surface area contributed by atoms with Crippen molar-refractivity contribution in [1.29, 1.82) is 0 Å². The van der Waals surface area contributed by atoms with Crippen LogP contribution in [0.1, 0.15) is 61.0 Å². The summed E-state index contributed by atoms with van der Waals surface area (Å²) in [6.07, 6.45) is 0. The summed E-state index contributed by atoms with van der Waals surface area (Å²) in [7, 11) is -2.20. The maximum absolute atomic E-state index is 6.87. The largest absolute Gasteiger partial charge is 0.542 e. The molecule has 0 N–H and O–H groups in total. The number of nitrogens with zero attached hydrogens (tertiary/aromatic N) is 1. The van der Waals surface area contributed by atoms with E-state index in [1.807, 2.05) is 42.5 Å². The quantitative estimate of drug-likeness (QED) is 0.264. The Morgan fingerprint density at radius 1 is 0.944 bits per heavy atom. The molecule has 0 amide bonds. The van der Waals surface area contributed by atoms with Crippen molar-refractivity contribution in [3.05, 3.63) is 48.0 Å². The van der Waals surface area contributed by atoms with Crippen LogP contribution in [0.2, 0.25) is 18.1 Å². The van der Waals surface area contributed by atoms with Crippen LogP contribution >= 0.6 is 0 Å². The third-order valence-corrected chi connectivity index (χ3v) is 12.8. The Bertz CT molecular complexity index is 1300. The molecule has 0 aliphatic carbocycles. The fourth-order valence-electron chi connectivity index (χ4n) is 5.64. The zero-order valence-electron chi connectivity index (χ0n) is 23.2. The van der Waals surface area contributed by atoms with Crippen molar-refractivity contribution in [2.24, 2.45) is 10.8 Å². The Hall–Kier alpha value is -2.19.